The summed E-state index contributed by atoms with van der Waals surface area (Å²) in [4.78, 5) is 12.8. The summed E-state index contributed by atoms with van der Waals surface area (Å²) in [5, 5.41) is 9.05. The topological polar surface area (TPSA) is 46.5 Å². The average Bonchev–Trinajstić information content (AvgIpc) is 2.38. The Kier molecular flexibility index (Phi) is 4.50. The zero-order valence-electron chi connectivity index (χ0n) is 10.1. The van der Waals surface area contributed by atoms with Crippen molar-refractivity contribution < 1.29 is 14.6 Å². The number of ether oxygens (including phenoxy) is 1. The van der Waals surface area contributed by atoms with Gasteiger partial charge in [0.15, 0.2) is 0 Å². The third-order valence-electron chi connectivity index (χ3n) is 2.42. The van der Waals surface area contributed by atoms with E-state index in [1.807, 2.05) is 30.3 Å². The zero-order valence-corrected chi connectivity index (χ0v) is 12.5. The maximum absolute atomic E-state index is 11.0. The Morgan fingerprint density at radius 3 is 2.68 bits per heavy atom. The SMILES string of the molecule is COc1ccccc1Sc1cc(Br)cc(C(=O)O)c1. The number of benzene rings is 2. The summed E-state index contributed by atoms with van der Waals surface area (Å²) in [6, 6.07) is 12.7. The minimum Gasteiger partial charge on any atom is -0.496 e. The van der Waals surface area contributed by atoms with E-state index in [4.69, 9.17) is 9.84 Å². The summed E-state index contributed by atoms with van der Waals surface area (Å²) in [5.74, 6) is -0.174. The van der Waals surface area contributed by atoms with E-state index in [1.165, 1.54) is 11.8 Å². The number of rotatable bonds is 4. The first-order valence-electron chi connectivity index (χ1n) is 5.45. The zero-order chi connectivity index (χ0) is 13.8. The van der Waals surface area contributed by atoms with E-state index < -0.39 is 5.97 Å². The highest BCUT2D eigenvalue weighted by Crippen LogP contribution is 2.36. The van der Waals surface area contributed by atoms with Gasteiger partial charge in [0.25, 0.3) is 0 Å². The van der Waals surface area contributed by atoms with Gasteiger partial charge in [-0.1, -0.05) is 39.8 Å². The fraction of sp³-hybridized carbons (Fsp3) is 0.0714. The van der Waals surface area contributed by atoms with Crippen LogP contribution in [0, 0.1) is 0 Å². The van der Waals surface area contributed by atoms with Crippen LogP contribution in [0.1, 0.15) is 10.4 Å². The molecule has 0 atom stereocenters. The fourth-order valence-corrected chi connectivity index (χ4v) is 3.24. The number of halogens is 1. The van der Waals surface area contributed by atoms with Crippen LogP contribution in [0.4, 0.5) is 0 Å². The number of aromatic carboxylic acids is 1. The molecule has 3 nitrogen and oxygen atoms in total. The molecule has 0 unspecified atom stereocenters. The van der Waals surface area contributed by atoms with Gasteiger partial charge in [-0.2, -0.15) is 0 Å². The van der Waals surface area contributed by atoms with E-state index in [2.05, 4.69) is 15.9 Å². The highest BCUT2D eigenvalue weighted by molar-refractivity contribution is 9.10. The normalized spacial score (nSPS) is 10.2. The van der Waals surface area contributed by atoms with Crippen molar-refractivity contribution in [1.29, 1.82) is 0 Å². The summed E-state index contributed by atoms with van der Waals surface area (Å²) < 4.78 is 6.02. The molecule has 0 aliphatic rings. The lowest BCUT2D eigenvalue weighted by atomic mass is 10.2. The molecule has 0 aliphatic heterocycles. The van der Waals surface area contributed by atoms with E-state index in [9.17, 15) is 4.79 Å². The van der Waals surface area contributed by atoms with Crippen LogP contribution in [-0.2, 0) is 0 Å². The third kappa shape index (κ3) is 3.52. The second-order valence-corrected chi connectivity index (χ2v) is 5.76. The van der Waals surface area contributed by atoms with Gasteiger partial charge >= 0.3 is 5.97 Å². The Hall–Kier alpha value is -1.46. The number of carboxylic acids is 1. The van der Waals surface area contributed by atoms with Crippen molar-refractivity contribution in [2.75, 3.05) is 7.11 Å². The lowest BCUT2D eigenvalue weighted by Crippen LogP contribution is -1.96. The molecule has 0 fully saturated rings. The predicted octanol–water partition coefficient (Wildman–Crippen LogP) is 4.31. The molecule has 98 valence electrons. The second kappa shape index (κ2) is 6.12. The lowest BCUT2D eigenvalue weighted by molar-refractivity contribution is 0.0696. The Balaban J connectivity index is 2.35. The number of methoxy groups -OCH3 is 1. The predicted molar refractivity (Wildman–Crippen MR) is 78.2 cm³/mol. The first kappa shape index (κ1) is 14.0. The van der Waals surface area contributed by atoms with Gasteiger partial charge in [0.2, 0.25) is 0 Å². The Morgan fingerprint density at radius 1 is 1.26 bits per heavy atom. The number of carbonyl (C=O) groups is 1. The van der Waals surface area contributed by atoms with Gasteiger partial charge in [-0.05, 0) is 30.3 Å². The Bertz CT molecular complexity index is 613. The van der Waals surface area contributed by atoms with Crippen LogP contribution >= 0.6 is 27.7 Å². The van der Waals surface area contributed by atoms with Crippen LogP contribution in [0.25, 0.3) is 0 Å². The van der Waals surface area contributed by atoms with Gasteiger partial charge in [0.05, 0.1) is 17.6 Å². The molecule has 0 spiro atoms. The summed E-state index contributed by atoms with van der Waals surface area (Å²) in [7, 11) is 1.61. The number of hydrogen-bond acceptors (Lipinski definition) is 3. The van der Waals surface area contributed by atoms with Crippen molar-refractivity contribution in [1.82, 2.24) is 0 Å². The molecule has 0 aromatic heterocycles. The first-order chi connectivity index (χ1) is 9.10. The molecule has 1 N–H and O–H groups in total. The van der Waals surface area contributed by atoms with Crippen LogP contribution in [-0.4, -0.2) is 18.2 Å². The maximum Gasteiger partial charge on any atom is 0.335 e. The molecule has 5 heteroatoms. The molecule has 2 rings (SSSR count). The van der Waals surface area contributed by atoms with Gasteiger partial charge in [0.1, 0.15) is 5.75 Å². The second-order valence-electron chi connectivity index (χ2n) is 3.73. The molecule has 2 aromatic carbocycles. The lowest BCUT2D eigenvalue weighted by Gasteiger charge is -2.08. The van der Waals surface area contributed by atoms with Crippen LogP contribution in [0.2, 0.25) is 0 Å². The standard InChI is InChI=1S/C14H11BrO3S/c1-18-12-4-2-3-5-13(12)19-11-7-9(14(16)17)6-10(15)8-11/h2-8H,1H3,(H,16,17). The molecular weight excluding hydrogens is 328 g/mol. The van der Waals surface area contributed by atoms with Gasteiger partial charge < -0.3 is 9.84 Å². The van der Waals surface area contributed by atoms with Crippen molar-refractivity contribution >= 4 is 33.7 Å². The Labute approximate surface area is 123 Å². The van der Waals surface area contributed by atoms with Crippen molar-refractivity contribution in [2.45, 2.75) is 9.79 Å². The van der Waals surface area contributed by atoms with Crippen molar-refractivity contribution in [2.24, 2.45) is 0 Å². The molecule has 0 aliphatic carbocycles. The van der Waals surface area contributed by atoms with E-state index in [0.29, 0.717) is 0 Å². The molecule has 0 heterocycles. The molecule has 2 aromatic rings. The average molecular weight is 339 g/mol. The molecule has 0 amide bonds. The van der Waals surface area contributed by atoms with E-state index >= 15 is 0 Å². The van der Waals surface area contributed by atoms with E-state index in [-0.39, 0.29) is 5.56 Å². The molecule has 0 bridgehead atoms. The van der Waals surface area contributed by atoms with Crippen LogP contribution in [0.5, 0.6) is 5.75 Å². The molecule has 19 heavy (non-hydrogen) atoms. The largest absolute Gasteiger partial charge is 0.496 e. The van der Waals surface area contributed by atoms with Crippen LogP contribution in [0.3, 0.4) is 0 Å². The van der Waals surface area contributed by atoms with E-state index in [0.717, 1.165) is 20.0 Å². The van der Waals surface area contributed by atoms with Gasteiger partial charge in [-0.15, -0.1) is 0 Å². The van der Waals surface area contributed by atoms with Crippen molar-refractivity contribution in [3.63, 3.8) is 0 Å². The first-order valence-corrected chi connectivity index (χ1v) is 7.06. The molecule has 0 saturated heterocycles. The Morgan fingerprint density at radius 2 is 2.00 bits per heavy atom. The highest BCUT2D eigenvalue weighted by Gasteiger charge is 2.09. The summed E-state index contributed by atoms with van der Waals surface area (Å²) >= 11 is 4.79. The number of para-hydroxylation sites is 1. The van der Waals surface area contributed by atoms with Gasteiger partial charge in [-0.25, -0.2) is 4.79 Å². The van der Waals surface area contributed by atoms with Crippen LogP contribution < -0.4 is 4.74 Å². The van der Waals surface area contributed by atoms with Crippen molar-refractivity contribution in [3.05, 3.63) is 52.5 Å². The third-order valence-corrected chi connectivity index (χ3v) is 3.90. The van der Waals surface area contributed by atoms with Gasteiger partial charge in [-0.3, -0.25) is 0 Å². The minimum absolute atomic E-state index is 0.256. The van der Waals surface area contributed by atoms with Crippen LogP contribution in [0.15, 0.2) is 56.7 Å². The van der Waals surface area contributed by atoms with Crippen molar-refractivity contribution in [3.8, 4) is 5.75 Å². The van der Waals surface area contributed by atoms with E-state index in [1.54, 1.807) is 19.2 Å². The summed E-state index contributed by atoms with van der Waals surface area (Å²) in [5.41, 5.74) is 0.256. The highest BCUT2D eigenvalue weighted by atomic mass is 79.9. The minimum atomic E-state index is -0.942. The fourth-order valence-electron chi connectivity index (χ4n) is 1.58. The van der Waals surface area contributed by atoms with Gasteiger partial charge in [0, 0.05) is 9.37 Å². The molecule has 0 radical (unpaired) electrons. The monoisotopic (exact) mass is 338 g/mol. The molecule has 0 saturated carbocycles. The number of carboxylic acid groups (broad SMARTS) is 1. The number of hydrogen-bond donors (Lipinski definition) is 1. The summed E-state index contributed by atoms with van der Waals surface area (Å²) in [6.07, 6.45) is 0. The maximum atomic E-state index is 11.0. The smallest absolute Gasteiger partial charge is 0.335 e. The molecular formula is C14H11BrO3S. The summed E-state index contributed by atoms with van der Waals surface area (Å²) in [6.45, 7) is 0. The quantitative estimate of drug-likeness (QED) is 0.902.